The van der Waals surface area contributed by atoms with Crippen LogP contribution in [0.1, 0.15) is 78.1 Å². The maximum absolute atomic E-state index is 10.4. The summed E-state index contributed by atoms with van der Waals surface area (Å²) in [6.07, 6.45) is 14.4. The van der Waals surface area contributed by atoms with Crippen molar-refractivity contribution in [2.45, 2.75) is 83.0 Å². The van der Waals surface area contributed by atoms with Crippen LogP contribution in [0.25, 0.3) is 0 Å². The number of phenols is 1. The third kappa shape index (κ3) is 18.1. The molecule has 1 rings (SSSR count). The summed E-state index contributed by atoms with van der Waals surface area (Å²) in [5.74, 6) is -0.449. The zero-order valence-corrected chi connectivity index (χ0v) is 21.3. The van der Waals surface area contributed by atoms with E-state index < -0.39 is 20.8 Å². The Morgan fingerprint density at radius 2 is 1.12 bits per heavy atom. The predicted octanol–water partition coefficient (Wildman–Crippen LogP) is 4.80. The fourth-order valence-electron chi connectivity index (χ4n) is 2.24. The Morgan fingerprint density at radius 3 is 1.40 bits per heavy atom. The minimum atomic E-state index is -4.28. The van der Waals surface area contributed by atoms with E-state index in [4.69, 9.17) is 9.66 Å². The average Bonchev–Trinajstić information content (AvgIpc) is 2.50. The molecule has 2 radical (unpaired) electrons. The van der Waals surface area contributed by atoms with Crippen molar-refractivity contribution in [2.75, 3.05) is 0 Å². The third-order valence-electron chi connectivity index (χ3n) is 3.60. The molecule has 0 aliphatic heterocycles. The summed E-state index contributed by atoms with van der Waals surface area (Å²) in [5, 5.41) is 8.91. The van der Waals surface area contributed by atoms with Gasteiger partial charge >= 0.3 is 0 Å². The van der Waals surface area contributed by atoms with Gasteiger partial charge < -0.3 is 5.11 Å². The van der Waals surface area contributed by atoms with E-state index in [2.05, 4.69) is 13.8 Å². The molecule has 0 atom stereocenters. The average molecular weight is 390 g/mol. The Balaban J connectivity index is -0.000000359. The topological polar surface area (TPSA) is 74.6 Å². The van der Waals surface area contributed by atoms with E-state index >= 15 is 0 Å². The summed E-state index contributed by atoms with van der Waals surface area (Å²) in [4.78, 5) is -0.472. The standard InChI is InChI=1S/C12H26.C6H6O4S.2Na/c1-3-5-7-9-11-12-10-8-6-4-2;7-5-3-1-2-4-6(5)11(8,9)10;;/h3-12H2,1-2H3;1-4,7H,(H,8,9,10);;. The first-order valence-electron chi connectivity index (χ1n) is 8.69. The fourth-order valence-corrected chi connectivity index (χ4v) is 2.82. The molecule has 1 aromatic carbocycles. The molecule has 0 amide bonds. The van der Waals surface area contributed by atoms with Gasteiger partial charge in [0.25, 0.3) is 10.1 Å². The van der Waals surface area contributed by atoms with Crippen molar-refractivity contribution < 1.29 is 18.1 Å². The number of hydrogen-bond donors (Lipinski definition) is 2. The van der Waals surface area contributed by atoms with E-state index in [9.17, 15) is 8.42 Å². The molecule has 0 heterocycles. The molecule has 0 spiro atoms. The zero-order valence-electron chi connectivity index (χ0n) is 16.5. The first kappa shape index (κ1) is 30.7. The smallest absolute Gasteiger partial charge is 0.298 e. The van der Waals surface area contributed by atoms with E-state index in [0.717, 1.165) is 6.07 Å². The monoisotopic (exact) mass is 390 g/mol. The number of hydrogen-bond acceptors (Lipinski definition) is 3. The summed E-state index contributed by atoms with van der Waals surface area (Å²) in [5.41, 5.74) is 0. The van der Waals surface area contributed by atoms with Crippen LogP contribution in [0.2, 0.25) is 0 Å². The summed E-state index contributed by atoms with van der Waals surface area (Å²) in [6.45, 7) is 4.56. The Labute approximate surface area is 198 Å². The molecule has 0 unspecified atom stereocenters. The zero-order chi connectivity index (χ0) is 17.6. The van der Waals surface area contributed by atoms with E-state index in [1.807, 2.05) is 0 Å². The molecule has 0 saturated heterocycles. The minimum Gasteiger partial charge on any atom is -0.506 e. The summed E-state index contributed by atoms with van der Waals surface area (Å²) in [6, 6.07) is 5.17. The molecule has 0 fully saturated rings. The second-order valence-electron chi connectivity index (χ2n) is 5.77. The van der Waals surface area contributed by atoms with Crippen molar-refractivity contribution in [2.24, 2.45) is 0 Å². The summed E-state index contributed by atoms with van der Waals surface area (Å²) in [7, 11) is -4.28. The Morgan fingerprint density at radius 1 is 0.760 bits per heavy atom. The van der Waals surface area contributed by atoms with Gasteiger partial charge in [0.15, 0.2) is 0 Å². The molecule has 0 aliphatic carbocycles. The van der Waals surface area contributed by atoms with Crippen LogP contribution in [0, 0.1) is 0 Å². The second kappa shape index (κ2) is 19.7. The van der Waals surface area contributed by atoms with Crippen molar-refractivity contribution in [3.63, 3.8) is 0 Å². The van der Waals surface area contributed by atoms with Gasteiger partial charge in [-0.15, -0.1) is 0 Å². The van der Waals surface area contributed by atoms with Crippen molar-refractivity contribution >= 4 is 69.2 Å². The van der Waals surface area contributed by atoms with Gasteiger partial charge in [0.05, 0.1) is 0 Å². The van der Waals surface area contributed by atoms with Gasteiger partial charge in [-0.2, -0.15) is 8.42 Å². The van der Waals surface area contributed by atoms with Crippen molar-refractivity contribution in [3.05, 3.63) is 24.3 Å². The van der Waals surface area contributed by atoms with E-state index in [1.54, 1.807) is 0 Å². The van der Waals surface area contributed by atoms with Crippen molar-refractivity contribution in [3.8, 4) is 5.75 Å². The van der Waals surface area contributed by atoms with E-state index in [0.29, 0.717) is 0 Å². The van der Waals surface area contributed by atoms with Crippen LogP contribution in [0.4, 0.5) is 0 Å². The number of aromatic hydroxyl groups is 1. The molecular formula is C18H32Na2O4S. The SMILES string of the molecule is CCCCCCCCCCCC.O=S(=O)(O)c1ccccc1O.[Na].[Na]. The predicted molar refractivity (Wildman–Crippen MR) is 107 cm³/mol. The molecule has 7 heteroatoms. The molecule has 0 saturated carbocycles. The molecule has 136 valence electrons. The first-order chi connectivity index (χ1) is 10.9. The maximum Gasteiger partial charge on any atom is 0.298 e. The van der Waals surface area contributed by atoms with Crippen LogP contribution in [0.5, 0.6) is 5.75 Å². The maximum atomic E-state index is 10.4. The van der Waals surface area contributed by atoms with Gasteiger partial charge in [-0.3, -0.25) is 4.55 Å². The van der Waals surface area contributed by atoms with Crippen LogP contribution in [0.3, 0.4) is 0 Å². The quantitative estimate of drug-likeness (QED) is 0.342. The van der Waals surface area contributed by atoms with Gasteiger partial charge in [-0.05, 0) is 12.1 Å². The molecule has 2 N–H and O–H groups in total. The van der Waals surface area contributed by atoms with Gasteiger partial charge in [-0.25, -0.2) is 0 Å². The molecule has 1 aromatic rings. The Hall–Kier alpha value is 0.930. The van der Waals surface area contributed by atoms with Crippen LogP contribution < -0.4 is 0 Å². The van der Waals surface area contributed by atoms with E-state index in [-0.39, 0.29) is 59.1 Å². The van der Waals surface area contributed by atoms with Crippen LogP contribution in [-0.2, 0) is 10.1 Å². The van der Waals surface area contributed by atoms with E-state index in [1.165, 1.54) is 82.4 Å². The Bertz CT molecular complexity index is 498. The number of phenolic OH excluding ortho intramolecular Hbond substituents is 1. The Kier molecular flexibility index (Phi) is 24.1. The molecule has 0 bridgehead atoms. The molecule has 25 heavy (non-hydrogen) atoms. The largest absolute Gasteiger partial charge is 0.506 e. The van der Waals surface area contributed by atoms with Crippen molar-refractivity contribution in [1.29, 1.82) is 0 Å². The number of benzene rings is 1. The summed E-state index contributed by atoms with van der Waals surface area (Å²) < 4.78 is 29.4. The van der Waals surface area contributed by atoms with Crippen molar-refractivity contribution in [1.82, 2.24) is 0 Å². The van der Waals surface area contributed by atoms with Gasteiger partial charge in [0, 0.05) is 59.1 Å². The minimum absolute atomic E-state index is 0. The second-order valence-corrected chi connectivity index (χ2v) is 7.16. The van der Waals surface area contributed by atoms with Crippen LogP contribution in [-0.4, -0.2) is 77.2 Å². The molecule has 4 nitrogen and oxygen atoms in total. The van der Waals surface area contributed by atoms with Gasteiger partial charge in [0.1, 0.15) is 10.6 Å². The fraction of sp³-hybridized carbons (Fsp3) is 0.667. The molecule has 0 aromatic heterocycles. The number of rotatable bonds is 10. The molecular weight excluding hydrogens is 358 g/mol. The van der Waals surface area contributed by atoms with Crippen LogP contribution in [0.15, 0.2) is 29.2 Å². The van der Waals surface area contributed by atoms with Gasteiger partial charge in [0.2, 0.25) is 0 Å². The van der Waals surface area contributed by atoms with Gasteiger partial charge in [-0.1, -0.05) is 90.2 Å². The van der Waals surface area contributed by atoms with Crippen LogP contribution >= 0.6 is 0 Å². The number of para-hydroxylation sites is 1. The third-order valence-corrected chi connectivity index (χ3v) is 4.50. The number of unbranched alkanes of at least 4 members (excludes halogenated alkanes) is 9. The normalized spacial score (nSPS) is 10.0. The first-order valence-corrected chi connectivity index (χ1v) is 10.1. The molecule has 0 aliphatic rings. The summed E-state index contributed by atoms with van der Waals surface area (Å²) >= 11 is 0.